The fourth-order valence-corrected chi connectivity index (χ4v) is 4.12. The highest BCUT2D eigenvalue weighted by molar-refractivity contribution is 7.90. The first-order valence-corrected chi connectivity index (χ1v) is 11.0. The van der Waals surface area contributed by atoms with Crippen molar-refractivity contribution < 1.29 is 17.9 Å². The molecule has 2 heterocycles. The molecule has 0 radical (unpaired) electrons. The highest BCUT2D eigenvalue weighted by Gasteiger charge is 2.23. The fraction of sp³-hybridized carbons (Fsp3) is 0.278. The molecule has 0 bridgehead atoms. The Bertz CT molecular complexity index is 1260. The van der Waals surface area contributed by atoms with Gasteiger partial charge in [0.2, 0.25) is 15.0 Å². The van der Waals surface area contributed by atoms with Gasteiger partial charge in [-0.05, 0) is 13.0 Å². The number of methoxy groups -OCH3 is 2. The second-order valence-corrected chi connectivity index (χ2v) is 8.76. The SMILES string of the molecule is CCn1c(=O)c(-c2c(Cl)c(OC)cc(OC)c2Cl)cc2cnc(S(C)(=O)=O)nc21. The third kappa shape index (κ3) is 3.65. The van der Waals surface area contributed by atoms with E-state index < -0.39 is 15.4 Å². The number of sulfone groups is 1. The van der Waals surface area contributed by atoms with E-state index in [2.05, 4.69) is 9.97 Å². The molecule has 8 nitrogen and oxygen atoms in total. The highest BCUT2D eigenvalue weighted by atomic mass is 35.5. The molecule has 2 aromatic heterocycles. The van der Waals surface area contributed by atoms with Gasteiger partial charge < -0.3 is 9.47 Å². The first-order valence-electron chi connectivity index (χ1n) is 8.35. The van der Waals surface area contributed by atoms with Gasteiger partial charge >= 0.3 is 0 Å². The van der Waals surface area contributed by atoms with E-state index in [1.165, 1.54) is 37.1 Å². The summed E-state index contributed by atoms with van der Waals surface area (Å²) in [5.74, 6) is 0.572. The molecule has 154 valence electrons. The van der Waals surface area contributed by atoms with E-state index >= 15 is 0 Å². The van der Waals surface area contributed by atoms with Crippen LogP contribution in [-0.4, -0.2) is 43.4 Å². The van der Waals surface area contributed by atoms with E-state index in [0.29, 0.717) is 5.39 Å². The van der Waals surface area contributed by atoms with Crippen LogP contribution < -0.4 is 15.0 Å². The van der Waals surface area contributed by atoms with Crippen LogP contribution in [0.2, 0.25) is 10.0 Å². The number of nitrogens with zero attached hydrogens (tertiary/aromatic N) is 3. The molecule has 0 atom stereocenters. The number of hydrogen-bond donors (Lipinski definition) is 0. The van der Waals surface area contributed by atoms with Crippen molar-refractivity contribution in [3.63, 3.8) is 0 Å². The van der Waals surface area contributed by atoms with E-state index in [4.69, 9.17) is 32.7 Å². The molecule has 0 N–H and O–H groups in total. The predicted octanol–water partition coefficient (Wildman–Crippen LogP) is 3.21. The number of fused-ring (bicyclic) bond motifs is 1. The van der Waals surface area contributed by atoms with Gasteiger partial charge in [0.15, 0.2) is 0 Å². The average Bonchev–Trinajstić information content (AvgIpc) is 2.67. The van der Waals surface area contributed by atoms with Gasteiger partial charge in [-0.3, -0.25) is 9.36 Å². The van der Waals surface area contributed by atoms with Crippen molar-refractivity contribution in [2.45, 2.75) is 18.6 Å². The molecule has 0 saturated heterocycles. The Labute approximate surface area is 176 Å². The number of halogens is 2. The van der Waals surface area contributed by atoms with E-state index in [0.717, 1.165) is 6.26 Å². The van der Waals surface area contributed by atoms with Crippen molar-refractivity contribution in [3.05, 3.63) is 38.7 Å². The van der Waals surface area contributed by atoms with Gasteiger partial charge in [-0.25, -0.2) is 13.4 Å². The van der Waals surface area contributed by atoms with Crippen LogP contribution in [0.4, 0.5) is 0 Å². The Balaban J connectivity index is 2.44. The topological polar surface area (TPSA) is 100 Å². The Hall–Kier alpha value is -2.36. The maximum atomic E-state index is 13.2. The third-order valence-corrected chi connectivity index (χ3v) is 5.91. The number of pyridine rings is 1. The lowest BCUT2D eigenvalue weighted by Gasteiger charge is -2.16. The third-order valence-electron chi connectivity index (χ3n) is 4.30. The largest absolute Gasteiger partial charge is 0.495 e. The van der Waals surface area contributed by atoms with Crippen molar-refractivity contribution in [1.29, 1.82) is 0 Å². The van der Waals surface area contributed by atoms with Crippen LogP contribution in [0.1, 0.15) is 6.92 Å². The molecule has 0 spiro atoms. The minimum Gasteiger partial charge on any atom is -0.495 e. The molecule has 0 aliphatic rings. The second kappa shape index (κ2) is 7.81. The van der Waals surface area contributed by atoms with Crippen LogP contribution in [-0.2, 0) is 16.4 Å². The van der Waals surface area contributed by atoms with E-state index in [1.54, 1.807) is 6.92 Å². The molecule has 0 fully saturated rings. The molecule has 0 aliphatic carbocycles. The summed E-state index contributed by atoms with van der Waals surface area (Å²) in [5.41, 5.74) is 0.170. The summed E-state index contributed by atoms with van der Waals surface area (Å²) < 4.78 is 35.5. The van der Waals surface area contributed by atoms with Gasteiger partial charge in [0.25, 0.3) is 5.56 Å². The number of rotatable bonds is 5. The number of benzene rings is 1. The molecule has 0 aliphatic heterocycles. The maximum Gasteiger partial charge on any atom is 0.260 e. The summed E-state index contributed by atoms with van der Waals surface area (Å²) in [6.07, 6.45) is 2.34. The van der Waals surface area contributed by atoms with Gasteiger partial charge in [0, 0.05) is 36.0 Å². The smallest absolute Gasteiger partial charge is 0.260 e. The quantitative estimate of drug-likeness (QED) is 0.542. The van der Waals surface area contributed by atoms with E-state index in [1.807, 2.05) is 0 Å². The molecule has 0 amide bonds. The summed E-state index contributed by atoms with van der Waals surface area (Å²) in [7, 11) is -0.770. The standard InChI is InChI=1S/C18H17Cl2N3O5S/c1-5-23-16-9(8-21-18(22-16)29(4,25)26)6-10(17(23)24)13-14(19)11(27-2)7-12(28-3)15(13)20/h6-8H,5H2,1-4H3. The van der Waals surface area contributed by atoms with Crippen molar-refractivity contribution in [2.75, 3.05) is 20.5 Å². The summed E-state index contributed by atoms with van der Waals surface area (Å²) in [6, 6.07) is 3.04. The van der Waals surface area contributed by atoms with Crippen LogP contribution >= 0.6 is 23.2 Å². The average molecular weight is 458 g/mol. The molecule has 1 aromatic carbocycles. The van der Waals surface area contributed by atoms with Crippen molar-refractivity contribution in [1.82, 2.24) is 14.5 Å². The lowest BCUT2D eigenvalue weighted by atomic mass is 10.0. The molecule has 0 saturated carbocycles. The van der Waals surface area contributed by atoms with E-state index in [-0.39, 0.29) is 50.0 Å². The van der Waals surface area contributed by atoms with Gasteiger partial charge in [0.05, 0.1) is 29.8 Å². The van der Waals surface area contributed by atoms with Gasteiger partial charge in [-0.15, -0.1) is 0 Å². The Morgan fingerprint density at radius 3 is 2.17 bits per heavy atom. The highest BCUT2D eigenvalue weighted by Crippen LogP contribution is 2.45. The lowest BCUT2D eigenvalue weighted by Crippen LogP contribution is -2.23. The van der Waals surface area contributed by atoms with Crippen molar-refractivity contribution in [3.8, 4) is 22.6 Å². The zero-order valence-corrected chi connectivity index (χ0v) is 18.3. The summed E-state index contributed by atoms with van der Waals surface area (Å²) in [5, 5.41) is 0.374. The van der Waals surface area contributed by atoms with E-state index in [9.17, 15) is 13.2 Å². The number of aromatic nitrogens is 3. The van der Waals surface area contributed by atoms with Gasteiger partial charge in [-0.2, -0.15) is 4.98 Å². The molecule has 29 heavy (non-hydrogen) atoms. The van der Waals surface area contributed by atoms with Gasteiger partial charge in [-0.1, -0.05) is 23.2 Å². The zero-order chi connectivity index (χ0) is 21.5. The van der Waals surface area contributed by atoms with Crippen LogP contribution in [0.25, 0.3) is 22.2 Å². The number of ether oxygens (including phenoxy) is 2. The van der Waals surface area contributed by atoms with Crippen LogP contribution in [0.3, 0.4) is 0 Å². The molecular formula is C18H17Cl2N3O5S. The molecule has 0 unspecified atom stereocenters. The summed E-state index contributed by atoms with van der Waals surface area (Å²) in [4.78, 5) is 21.2. The monoisotopic (exact) mass is 457 g/mol. The normalized spacial score (nSPS) is 11.7. The maximum absolute atomic E-state index is 13.2. The Morgan fingerprint density at radius 2 is 1.69 bits per heavy atom. The first-order chi connectivity index (χ1) is 13.6. The van der Waals surface area contributed by atoms with Crippen molar-refractivity contribution >= 4 is 44.1 Å². The Morgan fingerprint density at radius 1 is 1.10 bits per heavy atom. The Kier molecular flexibility index (Phi) is 5.75. The predicted molar refractivity (Wildman–Crippen MR) is 111 cm³/mol. The first kappa shape index (κ1) is 21.4. The van der Waals surface area contributed by atoms with Gasteiger partial charge in [0.1, 0.15) is 17.1 Å². The zero-order valence-electron chi connectivity index (χ0n) is 16.0. The molecular weight excluding hydrogens is 441 g/mol. The minimum atomic E-state index is -3.64. The van der Waals surface area contributed by atoms with Crippen molar-refractivity contribution in [2.24, 2.45) is 0 Å². The van der Waals surface area contributed by atoms with Crippen LogP contribution in [0.5, 0.6) is 11.5 Å². The lowest BCUT2D eigenvalue weighted by molar-refractivity contribution is 0.395. The summed E-state index contributed by atoms with van der Waals surface area (Å²) in [6.45, 7) is 1.97. The minimum absolute atomic E-state index is 0.145. The summed E-state index contributed by atoms with van der Waals surface area (Å²) >= 11 is 12.9. The number of hydrogen-bond acceptors (Lipinski definition) is 7. The van der Waals surface area contributed by atoms with Crippen LogP contribution in [0, 0.1) is 0 Å². The number of aryl methyl sites for hydroxylation is 1. The molecule has 3 aromatic rings. The van der Waals surface area contributed by atoms with Crippen LogP contribution in [0.15, 0.2) is 28.3 Å². The fourth-order valence-electron chi connectivity index (χ4n) is 2.92. The molecule has 3 rings (SSSR count). The molecule has 11 heteroatoms. The second-order valence-electron chi connectivity index (χ2n) is 6.10.